The van der Waals surface area contributed by atoms with Crippen LogP contribution in [0.4, 0.5) is 4.39 Å². The van der Waals surface area contributed by atoms with E-state index >= 15 is 0 Å². The van der Waals surface area contributed by atoms with Crippen LogP contribution in [0.5, 0.6) is 0 Å². The van der Waals surface area contributed by atoms with Gasteiger partial charge in [0, 0.05) is 8.95 Å². The molecule has 0 aliphatic heterocycles. The van der Waals surface area contributed by atoms with Crippen LogP contribution in [0.2, 0.25) is 0 Å². The maximum absolute atomic E-state index is 13.4. The fourth-order valence-corrected chi connectivity index (χ4v) is 2.86. The van der Waals surface area contributed by atoms with Gasteiger partial charge in [-0.2, -0.15) is 0 Å². The zero-order chi connectivity index (χ0) is 13.8. The van der Waals surface area contributed by atoms with Crippen LogP contribution in [0.1, 0.15) is 17.2 Å². The molecule has 2 aromatic carbocycles. The van der Waals surface area contributed by atoms with Crippen LogP contribution in [-0.2, 0) is 6.42 Å². The normalized spacial score (nSPS) is 12.4. The molecule has 0 radical (unpaired) electrons. The average Bonchev–Trinajstić information content (AvgIpc) is 2.36. The molecule has 0 heterocycles. The third kappa shape index (κ3) is 3.86. The Labute approximate surface area is 128 Å². The van der Waals surface area contributed by atoms with Crippen molar-refractivity contribution in [3.05, 3.63) is 68.4 Å². The minimum Gasteiger partial charge on any atom is -0.271 e. The summed E-state index contributed by atoms with van der Waals surface area (Å²) in [5, 5.41) is 0. The van der Waals surface area contributed by atoms with E-state index in [1.54, 1.807) is 0 Å². The van der Waals surface area contributed by atoms with Crippen molar-refractivity contribution in [2.45, 2.75) is 12.5 Å². The van der Waals surface area contributed by atoms with E-state index in [1.807, 2.05) is 30.3 Å². The van der Waals surface area contributed by atoms with Gasteiger partial charge < -0.3 is 0 Å². The Bertz CT molecular complexity index is 555. The Balaban J connectivity index is 2.28. The lowest BCUT2D eigenvalue weighted by atomic mass is 9.99. The van der Waals surface area contributed by atoms with Crippen LogP contribution in [0.25, 0.3) is 0 Å². The molecule has 19 heavy (non-hydrogen) atoms. The fourth-order valence-electron chi connectivity index (χ4n) is 1.93. The lowest BCUT2D eigenvalue weighted by Crippen LogP contribution is -2.29. The maximum Gasteiger partial charge on any atom is 0.124 e. The van der Waals surface area contributed by atoms with Gasteiger partial charge in [0.1, 0.15) is 5.82 Å². The SMILES string of the molecule is NNC(Cc1ccccc1Br)c1cc(F)cc(Br)c1. The molecule has 3 N–H and O–H groups in total. The molecule has 1 atom stereocenters. The molecule has 0 saturated heterocycles. The van der Waals surface area contributed by atoms with Crippen molar-refractivity contribution in [3.63, 3.8) is 0 Å². The summed E-state index contributed by atoms with van der Waals surface area (Å²) in [4.78, 5) is 0. The molecule has 5 heteroatoms. The number of halogens is 3. The first-order chi connectivity index (χ1) is 9.10. The van der Waals surface area contributed by atoms with E-state index in [0.717, 1.165) is 15.6 Å². The van der Waals surface area contributed by atoms with E-state index in [2.05, 4.69) is 37.3 Å². The topological polar surface area (TPSA) is 38.0 Å². The molecule has 0 spiro atoms. The van der Waals surface area contributed by atoms with Gasteiger partial charge in [0.2, 0.25) is 0 Å². The summed E-state index contributed by atoms with van der Waals surface area (Å²) in [7, 11) is 0. The number of hydrazine groups is 1. The van der Waals surface area contributed by atoms with Crippen LogP contribution in [0, 0.1) is 5.82 Å². The molecular formula is C14H13Br2FN2. The smallest absolute Gasteiger partial charge is 0.124 e. The highest BCUT2D eigenvalue weighted by Crippen LogP contribution is 2.25. The Morgan fingerprint density at radius 3 is 2.53 bits per heavy atom. The highest BCUT2D eigenvalue weighted by molar-refractivity contribution is 9.10. The van der Waals surface area contributed by atoms with Gasteiger partial charge in [0.05, 0.1) is 6.04 Å². The summed E-state index contributed by atoms with van der Waals surface area (Å²) in [5.74, 6) is 5.32. The monoisotopic (exact) mass is 386 g/mol. The summed E-state index contributed by atoms with van der Waals surface area (Å²) in [5.41, 5.74) is 4.67. The van der Waals surface area contributed by atoms with Gasteiger partial charge in [-0.05, 0) is 41.8 Å². The van der Waals surface area contributed by atoms with Crippen molar-refractivity contribution in [3.8, 4) is 0 Å². The molecule has 0 aromatic heterocycles. The Hall–Kier alpha value is -0.750. The minimum atomic E-state index is -0.281. The number of benzene rings is 2. The maximum atomic E-state index is 13.4. The number of hydrogen-bond donors (Lipinski definition) is 2. The van der Waals surface area contributed by atoms with E-state index in [9.17, 15) is 4.39 Å². The van der Waals surface area contributed by atoms with Crippen molar-refractivity contribution in [2.24, 2.45) is 5.84 Å². The molecule has 2 nitrogen and oxygen atoms in total. The average molecular weight is 388 g/mol. The second-order valence-electron chi connectivity index (χ2n) is 4.22. The van der Waals surface area contributed by atoms with Gasteiger partial charge in [-0.1, -0.05) is 50.1 Å². The number of nitrogens with two attached hydrogens (primary N) is 1. The molecule has 0 aliphatic carbocycles. The van der Waals surface area contributed by atoms with Gasteiger partial charge in [-0.3, -0.25) is 11.3 Å². The largest absolute Gasteiger partial charge is 0.271 e. The molecule has 0 saturated carbocycles. The Morgan fingerprint density at radius 1 is 1.16 bits per heavy atom. The van der Waals surface area contributed by atoms with Gasteiger partial charge >= 0.3 is 0 Å². The standard InChI is InChI=1S/C14H13Br2FN2/c15-11-5-10(6-12(17)8-11)14(19-18)7-9-3-1-2-4-13(9)16/h1-6,8,14,19H,7,18H2. The van der Waals surface area contributed by atoms with Crippen LogP contribution >= 0.6 is 31.9 Å². The number of hydrogen-bond acceptors (Lipinski definition) is 2. The fraction of sp³-hybridized carbons (Fsp3) is 0.143. The van der Waals surface area contributed by atoms with Gasteiger partial charge in [-0.15, -0.1) is 0 Å². The minimum absolute atomic E-state index is 0.147. The predicted octanol–water partition coefficient (Wildman–Crippen LogP) is 4.10. The van der Waals surface area contributed by atoms with Crippen molar-refractivity contribution >= 4 is 31.9 Å². The third-order valence-corrected chi connectivity index (χ3v) is 4.10. The molecule has 0 bridgehead atoms. The van der Waals surface area contributed by atoms with E-state index in [4.69, 9.17) is 5.84 Å². The molecule has 0 amide bonds. The van der Waals surface area contributed by atoms with E-state index in [0.29, 0.717) is 10.9 Å². The zero-order valence-corrected chi connectivity index (χ0v) is 13.2. The first kappa shape index (κ1) is 14.7. The summed E-state index contributed by atoms with van der Waals surface area (Å²) in [6, 6.07) is 12.6. The second-order valence-corrected chi connectivity index (χ2v) is 5.99. The first-order valence-corrected chi connectivity index (χ1v) is 7.34. The van der Waals surface area contributed by atoms with E-state index < -0.39 is 0 Å². The van der Waals surface area contributed by atoms with Crippen molar-refractivity contribution in [2.75, 3.05) is 0 Å². The quantitative estimate of drug-likeness (QED) is 0.612. The predicted molar refractivity (Wildman–Crippen MR) is 82.0 cm³/mol. The van der Waals surface area contributed by atoms with Crippen LogP contribution in [-0.4, -0.2) is 0 Å². The van der Waals surface area contributed by atoms with Gasteiger partial charge in [0.15, 0.2) is 0 Å². The highest BCUT2D eigenvalue weighted by Gasteiger charge is 2.13. The van der Waals surface area contributed by atoms with Crippen molar-refractivity contribution < 1.29 is 4.39 Å². The highest BCUT2D eigenvalue weighted by atomic mass is 79.9. The lowest BCUT2D eigenvalue weighted by Gasteiger charge is -2.17. The van der Waals surface area contributed by atoms with Crippen LogP contribution in [0.3, 0.4) is 0 Å². The first-order valence-electron chi connectivity index (χ1n) is 5.75. The molecule has 0 fully saturated rings. The molecule has 1 unspecified atom stereocenters. The third-order valence-electron chi connectivity index (χ3n) is 2.87. The lowest BCUT2D eigenvalue weighted by molar-refractivity contribution is 0.543. The number of nitrogens with one attached hydrogen (secondary N) is 1. The van der Waals surface area contributed by atoms with Crippen LogP contribution in [0.15, 0.2) is 51.4 Å². The summed E-state index contributed by atoms with van der Waals surface area (Å²) >= 11 is 6.80. The second kappa shape index (κ2) is 6.61. The zero-order valence-electron chi connectivity index (χ0n) is 10.0. The van der Waals surface area contributed by atoms with Gasteiger partial charge in [-0.25, -0.2) is 4.39 Å². The molecule has 2 aromatic rings. The van der Waals surface area contributed by atoms with E-state index in [1.165, 1.54) is 12.1 Å². The molecule has 100 valence electrons. The van der Waals surface area contributed by atoms with Crippen molar-refractivity contribution in [1.82, 2.24) is 5.43 Å². The van der Waals surface area contributed by atoms with Crippen molar-refractivity contribution in [1.29, 1.82) is 0 Å². The molecule has 0 aliphatic rings. The number of rotatable bonds is 4. The van der Waals surface area contributed by atoms with E-state index in [-0.39, 0.29) is 11.9 Å². The summed E-state index contributed by atoms with van der Waals surface area (Å²) in [6.45, 7) is 0. The summed E-state index contributed by atoms with van der Waals surface area (Å²) in [6.07, 6.45) is 0.674. The Morgan fingerprint density at radius 2 is 1.89 bits per heavy atom. The summed E-state index contributed by atoms with van der Waals surface area (Å²) < 4.78 is 15.2. The Kier molecular flexibility index (Phi) is 5.10. The van der Waals surface area contributed by atoms with Gasteiger partial charge in [0.25, 0.3) is 0 Å². The molecular weight excluding hydrogens is 375 g/mol. The molecule has 2 rings (SSSR count). The van der Waals surface area contributed by atoms with Crippen LogP contribution < -0.4 is 11.3 Å².